The monoisotopic (exact) mass is 349 g/mol. The minimum Gasteiger partial charge on any atom is -0.192 e. The highest BCUT2D eigenvalue weighted by Gasteiger charge is 1.98. The van der Waals surface area contributed by atoms with Gasteiger partial charge in [-0.15, -0.1) is 0 Å². The number of benzene rings is 1. The third-order valence-corrected chi connectivity index (χ3v) is 2.87. The molecule has 1 aromatic rings. The van der Waals surface area contributed by atoms with Crippen molar-refractivity contribution >= 4 is 38.5 Å². The Morgan fingerprint density at radius 1 is 1.38 bits per heavy atom. The fraction of sp³-hybridized carbons (Fsp3) is 0.300. The molecule has 13 heavy (non-hydrogen) atoms. The zero-order valence-electron chi connectivity index (χ0n) is 7.06. The summed E-state index contributed by atoms with van der Waals surface area (Å²) in [6.07, 6.45) is 2.15. The van der Waals surface area contributed by atoms with Gasteiger partial charge in [0.05, 0.1) is 11.6 Å². The van der Waals surface area contributed by atoms with Crippen molar-refractivity contribution in [3.05, 3.63) is 32.9 Å². The van der Waals surface area contributed by atoms with Crippen LogP contribution in [0.3, 0.4) is 0 Å². The van der Waals surface area contributed by atoms with E-state index in [0.29, 0.717) is 0 Å². The Morgan fingerprint density at radius 2 is 2.15 bits per heavy atom. The molecule has 3 heteroatoms. The first-order valence-electron chi connectivity index (χ1n) is 4.02. The molecule has 0 heterocycles. The minimum atomic E-state index is 0.761. The first-order chi connectivity index (χ1) is 6.26. The van der Waals surface area contributed by atoms with Gasteiger partial charge in [-0.25, -0.2) is 0 Å². The van der Waals surface area contributed by atoms with Gasteiger partial charge in [0.15, 0.2) is 0 Å². The van der Waals surface area contributed by atoms with E-state index in [0.717, 1.165) is 27.3 Å². The highest BCUT2D eigenvalue weighted by molar-refractivity contribution is 14.1. The summed E-state index contributed by atoms with van der Waals surface area (Å²) in [4.78, 5) is 0. The smallest absolute Gasteiger partial charge is 0.0992 e. The van der Waals surface area contributed by atoms with E-state index >= 15 is 0 Å². The Morgan fingerprint density at radius 3 is 2.77 bits per heavy atom. The molecule has 0 saturated carbocycles. The standard InChI is InChI=1S/C10H9BrIN/c11-3-1-2-8-4-9(7-13)6-10(12)5-8/h4-6H,1-3H2. The van der Waals surface area contributed by atoms with Gasteiger partial charge in [-0.1, -0.05) is 15.9 Å². The van der Waals surface area contributed by atoms with Crippen molar-refractivity contribution < 1.29 is 0 Å². The predicted octanol–water partition coefficient (Wildman–Crippen LogP) is 3.49. The number of rotatable bonds is 3. The van der Waals surface area contributed by atoms with Crippen LogP contribution in [0.4, 0.5) is 0 Å². The van der Waals surface area contributed by atoms with Gasteiger partial charge in [-0.3, -0.25) is 0 Å². The van der Waals surface area contributed by atoms with E-state index in [2.05, 4.69) is 50.7 Å². The molecule has 0 unspecified atom stereocenters. The minimum absolute atomic E-state index is 0.761. The maximum absolute atomic E-state index is 8.75. The molecule has 0 radical (unpaired) electrons. The Bertz CT molecular complexity index is 330. The predicted molar refractivity (Wildman–Crippen MR) is 66.0 cm³/mol. The first kappa shape index (κ1) is 11.0. The zero-order valence-corrected chi connectivity index (χ0v) is 10.8. The molecular formula is C10H9BrIN. The molecule has 0 fully saturated rings. The molecule has 0 saturated heterocycles. The largest absolute Gasteiger partial charge is 0.192 e. The molecule has 0 N–H and O–H groups in total. The molecule has 0 spiro atoms. The number of halogens is 2. The second kappa shape index (κ2) is 5.61. The maximum atomic E-state index is 8.75. The van der Waals surface area contributed by atoms with Crippen LogP contribution in [-0.2, 0) is 6.42 Å². The van der Waals surface area contributed by atoms with Crippen LogP contribution < -0.4 is 0 Å². The molecule has 1 rings (SSSR count). The molecule has 1 nitrogen and oxygen atoms in total. The summed E-state index contributed by atoms with van der Waals surface area (Å²) in [6.45, 7) is 0. The van der Waals surface area contributed by atoms with Crippen molar-refractivity contribution in [2.45, 2.75) is 12.8 Å². The number of hydrogen-bond donors (Lipinski definition) is 0. The summed E-state index contributed by atoms with van der Waals surface area (Å²) in [5.74, 6) is 0. The Hall–Kier alpha value is -0.0800. The molecule has 1 aromatic carbocycles. The number of nitriles is 1. The fourth-order valence-corrected chi connectivity index (χ4v) is 2.15. The van der Waals surface area contributed by atoms with Crippen molar-refractivity contribution in [2.24, 2.45) is 0 Å². The van der Waals surface area contributed by atoms with Crippen LogP contribution in [0.2, 0.25) is 0 Å². The fourth-order valence-electron chi connectivity index (χ4n) is 1.13. The van der Waals surface area contributed by atoms with Crippen LogP contribution in [-0.4, -0.2) is 5.33 Å². The SMILES string of the molecule is N#Cc1cc(I)cc(CCCBr)c1. The normalized spacial score (nSPS) is 9.62. The van der Waals surface area contributed by atoms with Crippen LogP contribution >= 0.6 is 38.5 Å². The number of nitrogens with zero attached hydrogens (tertiary/aromatic N) is 1. The molecule has 0 amide bonds. The van der Waals surface area contributed by atoms with Gasteiger partial charge in [-0.05, 0) is 59.2 Å². The molecule has 0 aliphatic heterocycles. The summed E-state index contributed by atoms with van der Waals surface area (Å²) < 4.78 is 1.14. The lowest BCUT2D eigenvalue weighted by Gasteiger charge is -2.00. The zero-order chi connectivity index (χ0) is 9.68. The average Bonchev–Trinajstić information content (AvgIpc) is 2.14. The van der Waals surface area contributed by atoms with Crippen molar-refractivity contribution in [2.75, 3.05) is 5.33 Å². The second-order valence-electron chi connectivity index (χ2n) is 2.75. The summed E-state index contributed by atoms with van der Waals surface area (Å²) in [5.41, 5.74) is 2.01. The lowest BCUT2D eigenvalue weighted by molar-refractivity contribution is 0.938. The van der Waals surface area contributed by atoms with Gasteiger partial charge in [0.2, 0.25) is 0 Å². The van der Waals surface area contributed by atoms with E-state index in [1.165, 1.54) is 5.56 Å². The quantitative estimate of drug-likeness (QED) is 0.605. The number of hydrogen-bond acceptors (Lipinski definition) is 1. The van der Waals surface area contributed by atoms with Crippen LogP contribution in [0.1, 0.15) is 17.5 Å². The Labute approximate surface area is 100 Å². The third-order valence-electron chi connectivity index (χ3n) is 1.69. The van der Waals surface area contributed by atoms with E-state index in [1.54, 1.807) is 0 Å². The Balaban J connectivity index is 2.83. The number of aryl methyl sites for hydroxylation is 1. The molecular weight excluding hydrogens is 341 g/mol. The third kappa shape index (κ3) is 3.65. The highest BCUT2D eigenvalue weighted by Crippen LogP contribution is 2.13. The highest BCUT2D eigenvalue weighted by atomic mass is 127. The summed E-state index contributed by atoms with van der Waals surface area (Å²) in [6, 6.07) is 8.16. The van der Waals surface area contributed by atoms with E-state index < -0.39 is 0 Å². The molecule has 68 valence electrons. The van der Waals surface area contributed by atoms with E-state index in [9.17, 15) is 0 Å². The van der Waals surface area contributed by atoms with Crippen molar-refractivity contribution in [1.29, 1.82) is 5.26 Å². The molecule has 0 atom stereocenters. The van der Waals surface area contributed by atoms with Crippen LogP contribution in [0.15, 0.2) is 18.2 Å². The van der Waals surface area contributed by atoms with Crippen molar-refractivity contribution in [3.8, 4) is 6.07 Å². The summed E-state index contributed by atoms with van der Waals surface area (Å²) in [7, 11) is 0. The average molecular weight is 350 g/mol. The molecule has 0 aliphatic rings. The maximum Gasteiger partial charge on any atom is 0.0992 e. The van der Waals surface area contributed by atoms with Gasteiger partial charge in [0.25, 0.3) is 0 Å². The topological polar surface area (TPSA) is 23.8 Å². The lowest BCUT2D eigenvalue weighted by Crippen LogP contribution is -1.89. The summed E-state index contributed by atoms with van der Waals surface area (Å²) >= 11 is 5.64. The van der Waals surface area contributed by atoms with Crippen LogP contribution in [0.5, 0.6) is 0 Å². The lowest BCUT2D eigenvalue weighted by atomic mass is 10.1. The van der Waals surface area contributed by atoms with Gasteiger partial charge in [-0.2, -0.15) is 5.26 Å². The van der Waals surface area contributed by atoms with E-state index in [1.807, 2.05) is 12.1 Å². The van der Waals surface area contributed by atoms with Gasteiger partial charge < -0.3 is 0 Å². The van der Waals surface area contributed by atoms with E-state index in [4.69, 9.17) is 5.26 Å². The van der Waals surface area contributed by atoms with Gasteiger partial charge in [0.1, 0.15) is 0 Å². The van der Waals surface area contributed by atoms with Crippen LogP contribution in [0, 0.1) is 14.9 Å². The van der Waals surface area contributed by atoms with Crippen LogP contribution in [0.25, 0.3) is 0 Å². The Kier molecular flexibility index (Phi) is 4.74. The van der Waals surface area contributed by atoms with Crippen molar-refractivity contribution in [1.82, 2.24) is 0 Å². The summed E-state index contributed by atoms with van der Waals surface area (Å²) in [5, 5.41) is 9.76. The van der Waals surface area contributed by atoms with Gasteiger partial charge >= 0.3 is 0 Å². The molecule has 0 aromatic heterocycles. The molecule has 0 aliphatic carbocycles. The first-order valence-corrected chi connectivity index (χ1v) is 6.22. The van der Waals surface area contributed by atoms with E-state index in [-0.39, 0.29) is 0 Å². The number of alkyl halides is 1. The molecule has 0 bridgehead atoms. The second-order valence-corrected chi connectivity index (χ2v) is 4.79. The van der Waals surface area contributed by atoms with Crippen molar-refractivity contribution in [3.63, 3.8) is 0 Å². The van der Waals surface area contributed by atoms with Gasteiger partial charge in [0, 0.05) is 8.90 Å².